The van der Waals surface area contributed by atoms with Crippen molar-refractivity contribution < 1.29 is 4.52 Å². The second kappa shape index (κ2) is 7.40. The van der Waals surface area contributed by atoms with Gasteiger partial charge in [-0.1, -0.05) is 29.9 Å². The minimum absolute atomic E-state index is 0.501. The van der Waals surface area contributed by atoms with E-state index in [1.165, 1.54) is 10.9 Å². The predicted molar refractivity (Wildman–Crippen MR) is 111 cm³/mol. The summed E-state index contributed by atoms with van der Waals surface area (Å²) >= 11 is 0. The summed E-state index contributed by atoms with van der Waals surface area (Å²) in [6.07, 6.45) is 5.21. The van der Waals surface area contributed by atoms with Crippen molar-refractivity contribution in [1.82, 2.24) is 19.9 Å². The average molecular weight is 374 g/mol. The zero-order valence-electron chi connectivity index (χ0n) is 16.2. The summed E-state index contributed by atoms with van der Waals surface area (Å²) in [6, 6.07) is 12.4. The first-order chi connectivity index (χ1) is 13.8. The molecule has 0 aliphatic carbocycles. The molecule has 0 unspecified atom stereocenters. The van der Waals surface area contributed by atoms with Crippen molar-refractivity contribution in [2.75, 3.05) is 32.7 Å². The number of fused-ring (bicyclic) bond motifs is 2. The number of para-hydroxylation sites is 1. The summed E-state index contributed by atoms with van der Waals surface area (Å²) in [4.78, 5) is 9.50. The molecule has 5 heteroatoms. The van der Waals surface area contributed by atoms with Gasteiger partial charge < -0.3 is 14.3 Å². The van der Waals surface area contributed by atoms with Crippen molar-refractivity contribution in [3.8, 4) is 0 Å². The highest BCUT2D eigenvalue weighted by Gasteiger charge is 2.26. The molecule has 144 valence electrons. The number of pyridine rings is 1. The van der Waals surface area contributed by atoms with Gasteiger partial charge in [-0.2, -0.15) is 0 Å². The average Bonchev–Trinajstić information content (AvgIpc) is 3.18. The zero-order valence-corrected chi connectivity index (χ0v) is 16.2. The highest BCUT2D eigenvalue weighted by atomic mass is 16.5. The third-order valence-electron chi connectivity index (χ3n) is 6.26. The standard InChI is InChI=1S/C23H26N4O/c1-17-22-18(5-4-11-24-22)10-14-27(17)16-15-26-12-8-19(9-13-26)23-20-6-2-3-7-21(20)28-25-23/h2-7,11,19H,1,8-10,12-16H2. The second-order valence-corrected chi connectivity index (χ2v) is 7.87. The lowest BCUT2D eigenvalue weighted by molar-refractivity contribution is 0.191. The molecule has 0 N–H and O–H groups in total. The summed E-state index contributed by atoms with van der Waals surface area (Å²) in [7, 11) is 0. The van der Waals surface area contributed by atoms with Gasteiger partial charge in [-0.05, 0) is 56.1 Å². The van der Waals surface area contributed by atoms with Gasteiger partial charge >= 0.3 is 0 Å². The first-order valence-corrected chi connectivity index (χ1v) is 10.2. The predicted octanol–water partition coefficient (Wildman–Crippen LogP) is 3.93. The smallest absolute Gasteiger partial charge is 0.167 e. The van der Waals surface area contributed by atoms with Crippen LogP contribution >= 0.6 is 0 Å². The molecule has 0 atom stereocenters. The van der Waals surface area contributed by atoms with Gasteiger partial charge in [0.25, 0.3) is 0 Å². The molecule has 0 spiro atoms. The van der Waals surface area contributed by atoms with E-state index < -0.39 is 0 Å². The van der Waals surface area contributed by atoms with Crippen LogP contribution in [-0.4, -0.2) is 52.7 Å². The number of hydrogen-bond donors (Lipinski definition) is 0. The molecule has 0 bridgehead atoms. The molecule has 0 radical (unpaired) electrons. The molecule has 5 nitrogen and oxygen atoms in total. The minimum Gasteiger partial charge on any atom is -0.369 e. The van der Waals surface area contributed by atoms with Crippen LogP contribution in [0, 0.1) is 0 Å². The van der Waals surface area contributed by atoms with Crippen LogP contribution < -0.4 is 0 Å². The largest absolute Gasteiger partial charge is 0.369 e. The maximum atomic E-state index is 5.51. The fourth-order valence-corrected chi connectivity index (χ4v) is 4.58. The third kappa shape index (κ3) is 3.20. The van der Waals surface area contributed by atoms with Crippen molar-refractivity contribution in [3.05, 3.63) is 66.1 Å². The molecule has 28 heavy (non-hydrogen) atoms. The number of likely N-dealkylation sites (tertiary alicyclic amines) is 1. The molecular formula is C23H26N4O. The van der Waals surface area contributed by atoms with Crippen molar-refractivity contribution >= 4 is 16.7 Å². The van der Waals surface area contributed by atoms with Crippen LogP contribution in [0.15, 0.2) is 53.7 Å². The maximum absolute atomic E-state index is 5.51. The van der Waals surface area contributed by atoms with Crippen molar-refractivity contribution in [3.63, 3.8) is 0 Å². The topological polar surface area (TPSA) is 45.4 Å². The molecule has 0 amide bonds. The molecule has 3 aromatic rings. The van der Waals surface area contributed by atoms with Crippen LogP contribution in [0.1, 0.15) is 35.7 Å². The quantitative estimate of drug-likeness (QED) is 0.692. The van der Waals surface area contributed by atoms with Crippen molar-refractivity contribution in [1.29, 1.82) is 0 Å². The number of aromatic nitrogens is 2. The van der Waals surface area contributed by atoms with Gasteiger partial charge in [-0.3, -0.25) is 4.98 Å². The van der Waals surface area contributed by atoms with Gasteiger partial charge in [-0.15, -0.1) is 0 Å². The number of piperidine rings is 1. The molecule has 2 aliphatic rings. The highest BCUT2D eigenvalue weighted by molar-refractivity contribution is 5.79. The van der Waals surface area contributed by atoms with Gasteiger partial charge in [0.1, 0.15) is 0 Å². The lowest BCUT2D eigenvalue weighted by atomic mass is 9.91. The number of benzene rings is 1. The van der Waals surface area contributed by atoms with Crippen LogP contribution in [0.2, 0.25) is 0 Å². The molecule has 1 aromatic carbocycles. The summed E-state index contributed by atoms with van der Waals surface area (Å²) in [5.41, 5.74) is 5.51. The Morgan fingerprint density at radius 2 is 1.89 bits per heavy atom. The Morgan fingerprint density at radius 1 is 1.04 bits per heavy atom. The van der Waals surface area contributed by atoms with Gasteiger partial charge in [0.2, 0.25) is 0 Å². The van der Waals surface area contributed by atoms with E-state index in [0.29, 0.717) is 5.92 Å². The van der Waals surface area contributed by atoms with E-state index in [9.17, 15) is 0 Å². The Hall–Kier alpha value is -2.66. The molecular weight excluding hydrogens is 348 g/mol. The van der Waals surface area contributed by atoms with E-state index >= 15 is 0 Å². The fraction of sp³-hybridized carbons (Fsp3) is 0.391. The van der Waals surface area contributed by atoms with Gasteiger partial charge in [0.05, 0.1) is 17.1 Å². The molecule has 1 fully saturated rings. The van der Waals surface area contributed by atoms with Crippen LogP contribution in [0.5, 0.6) is 0 Å². The Bertz CT molecular complexity index is 987. The molecule has 2 aliphatic heterocycles. The Labute approximate surface area is 165 Å². The summed E-state index contributed by atoms with van der Waals surface area (Å²) in [5.74, 6) is 0.501. The lowest BCUT2D eigenvalue weighted by Gasteiger charge is -2.36. The van der Waals surface area contributed by atoms with Crippen LogP contribution in [0.4, 0.5) is 0 Å². The maximum Gasteiger partial charge on any atom is 0.167 e. The summed E-state index contributed by atoms with van der Waals surface area (Å²) in [6.45, 7) is 9.66. The van der Waals surface area contributed by atoms with Crippen molar-refractivity contribution in [2.45, 2.75) is 25.2 Å². The van der Waals surface area contributed by atoms with Gasteiger partial charge in [0, 0.05) is 37.1 Å². The van der Waals surface area contributed by atoms with E-state index in [0.717, 1.165) is 74.7 Å². The molecule has 0 saturated carbocycles. The lowest BCUT2D eigenvalue weighted by Crippen LogP contribution is -2.40. The molecule has 5 rings (SSSR count). The monoisotopic (exact) mass is 374 g/mol. The summed E-state index contributed by atoms with van der Waals surface area (Å²) in [5, 5.41) is 5.55. The third-order valence-corrected chi connectivity index (χ3v) is 6.26. The number of hydrogen-bond acceptors (Lipinski definition) is 5. The summed E-state index contributed by atoms with van der Waals surface area (Å²) < 4.78 is 5.51. The number of rotatable bonds is 4. The normalized spacial score (nSPS) is 18.6. The fourth-order valence-electron chi connectivity index (χ4n) is 4.58. The zero-order chi connectivity index (χ0) is 18.9. The first kappa shape index (κ1) is 17.4. The molecule has 2 aromatic heterocycles. The van der Waals surface area contributed by atoms with E-state index in [-0.39, 0.29) is 0 Å². The highest BCUT2D eigenvalue weighted by Crippen LogP contribution is 2.32. The van der Waals surface area contributed by atoms with E-state index in [4.69, 9.17) is 4.52 Å². The van der Waals surface area contributed by atoms with Gasteiger partial charge in [0.15, 0.2) is 5.58 Å². The Kier molecular flexibility index (Phi) is 4.61. The number of nitrogens with zero attached hydrogens (tertiary/aromatic N) is 4. The van der Waals surface area contributed by atoms with Crippen LogP contribution in [0.25, 0.3) is 16.7 Å². The van der Waals surface area contributed by atoms with Crippen LogP contribution in [-0.2, 0) is 6.42 Å². The minimum atomic E-state index is 0.501. The van der Waals surface area contributed by atoms with E-state index in [1.807, 2.05) is 24.4 Å². The molecule has 1 saturated heterocycles. The SMILES string of the molecule is C=C1c2ncccc2CCN1CCN1CCC(c2noc3ccccc23)CC1. The Morgan fingerprint density at radius 3 is 2.79 bits per heavy atom. The van der Waals surface area contributed by atoms with Gasteiger partial charge in [-0.25, -0.2) is 0 Å². The van der Waals surface area contributed by atoms with Crippen molar-refractivity contribution in [2.24, 2.45) is 0 Å². The second-order valence-electron chi connectivity index (χ2n) is 7.87. The Balaban J connectivity index is 1.17. The molecule has 4 heterocycles. The van der Waals surface area contributed by atoms with E-state index in [1.54, 1.807) is 0 Å². The van der Waals surface area contributed by atoms with E-state index in [2.05, 4.69) is 44.7 Å². The van der Waals surface area contributed by atoms with Crippen LogP contribution in [0.3, 0.4) is 0 Å². The first-order valence-electron chi connectivity index (χ1n) is 10.2.